The van der Waals surface area contributed by atoms with Crippen molar-refractivity contribution in [2.24, 2.45) is 5.73 Å². The zero-order chi connectivity index (χ0) is 22.2. The highest BCUT2D eigenvalue weighted by Crippen LogP contribution is 2.39. The molecule has 31 heavy (non-hydrogen) atoms. The van der Waals surface area contributed by atoms with Crippen LogP contribution in [-0.2, 0) is 16.0 Å². The predicted octanol–water partition coefficient (Wildman–Crippen LogP) is 3.79. The molecule has 2 aromatic carbocycles. The van der Waals surface area contributed by atoms with Crippen LogP contribution < -0.4 is 10.6 Å². The summed E-state index contributed by atoms with van der Waals surface area (Å²) in [4.78, 5) is 8.27. The van der Waals surface area contributed by atoms with E-state index in [4.69, 9.17) is 43.2 Å². The fraction of sp³-hybridized carbons (Fsp3) is 0.478. The van der Waals surface area contributed by atoms with Gasteiger partial charge in [0, 0.05) is 42.6 Å². The molecule has 0 saturated heterocycles. The normalized spacial score (nSPS) is 16.5. The minimum Gasteiger partial charge on any atom is -0.406 e. The molecule has 0 spiro atoms. The molecule has 0 amide bonds. The third-order valence-corrected chi connectivity index (χ3v) is 5.75. The molecule has 1 aliphatic rings. The van der Waals surface area contributed by atoms with Gasteiger partial charge in [0.25, 0.3) is 0 Å². The topological polar surface area (TPSA) is 60.2 Å². The van der Waals surface area contributed by atoms with Gasteiger partial charge in [-0.2, -0.15) is 0 Å². The van der Waals surface area contributed by atoms with Gasteiger partial charge in [-0.05, 0) is 48.0 Å². The van der Waals surface area contributed by atoms with E-state index in [1.54, 1.807) is 5.06 Å². The van der Waals surface area contributed by atoms with Crippen LogP contribution in [0.2, 0.25) is 10.0 Å². The Morgan fingerprint density at radius 1 is 1.10 bits per heavy atom. The molecule has 1 heterocycles. The number of hydrogen-bond acceptors (Lipinski definition) is 6. The molecule has 0 unspecified atom stereocenters. The zero-order valence-electron chi connectivity index (χ0n) is 18.2. The Kier molecular flexibility index (Phi) is 9.41. The molecule has 8 heteroatoms. The van der Waals surface area contributed by atoms with Crippen molar-refractivity contribution in [2.75, 3.05) is 60.2 Å². The average Bonchev–Trinajstić information content (AvgIpc) is 2.73. The molecule has 0 fully saturated rings. The van der Waals surface area contributed by atoms with Crippen molar-refractivity contribution in [3.8, 4) is 5.75 Å². The van der Waals surface area contributed by atoms with Crippen molar-refractivity contribution in [1.29, 1.82) is 0 Å². The Morgan fingerprint density at radius 2 is 1.87 bits per heavy atom. The van der Waals surface area contributed by atoms with E-state index in [2.05, 4.69) is 24.1 Å². The van der Waals surface area contributed by atoms with Gasteiger partial charge in [0.15, 0.2) is 0 Å². The zero-order valence-corrected chi connectivity index (χ0v) is 19.7. The van der Waals surface area contributed by atoms with Crippen LogP contribution in [0.3, 0.4) is 0 Å². The van der Waals surface area contributed by atoms with Gasteiger partial charge < -0.3 is 24.9 Å². The van der Waals surface area contributed by atoms with Crippen LogP contribution in [0.1, 0.15) is 22.6 Å². The molecule has 170 valence electrons. The first-order valence-electron chi connectivity index (χ1n) is 10.5. The molecule has 2 aromatic rings. The Bertz CT molecular complexity index is 853. The van der Waals surface area contributed by atoms with E-state index in [-0.39, 0.29) is 5.92 Å². The summed E-state index contributed by atoms with van der Waals surface area (Å²) in [6.45, 7) is 5.08. The van der Waals surface area contributed by atoms with Gasteiger partial charge >= 0.3 is 0 Å². The fourth-order valence-corrected chi connectivity index (χ4v) is 4.31. The monoisotopic (exact) mass is 467 g/mol. The van der Waals surface area contributed by atoms with E-state index in [9.17, 15) is 0 Å². The molecule has 6 nitrogen and oxygen atoms in total. The Balaban J connectivity index is 1.61. The number of halogens is 2. The Labute approximate surface area is 194 Å². The van der Waals surface area contributed by atoms with Gasteiger partial charge in [-0.15, -0.1) is 5.06 Å². The van der Waals surface area contributed by atoms with Gasteiger partial charge in [0.1, 0.15) is 5.75 Å². The van der Waals surface area contributed by atoms with Crippen LogP contribution in [0.5, 0.6) is 5.75 Å². The summed E-state index contributed by atoms with van der Waals surface area (Å²) in [5.74, 6) is 0.963. The highest BCUT2D eigenvalue weighted by Gasteiger charge is 2.27. The lowest BCUT2D eigenvalue weighted by molar-refractivity contribution is -0.0554. The van der Waals surface area contributed by atoms with Gasteiger partial charge in [0.2, 0.25) is 0 Å². The maximum absolute atomic E-state index is 6.49. The van der Waals surface area contributed by atoms with Crippen molar-refractivity contribution >= 4 is 23.2 Å². The molecule has 1 aliphatic heterocycles. The van der Waals surface area contributed by atoms with E-state index in [0.29, 0.717) is 44.5 Å². The average molecular weight is 468 g/mol. The summed E-state index contributed by atoms with van der Waals surface area (Å²) in [7, 11) is 4.00. The Morgan fingerprint density at radius 3 is 2.65 bits per heavy atom. The number of ether oxygens (including phenoxy) is 2. The molecule has 3 rings (SSSR count). The highest BCUT2D eigenvalue weighted by atomic mass is 35.5. The maximum Gasteiger partial charge on any atom is 0.147 e. The molecule has 0 aliphatic carbocycles. The number of nitrogens with zero attached hydrogens (tertiary/aromatic N) is 2. The molecule has 1 atom stereocenters. The lowest BCUT2D eigenvalue weighted by Gasteiger charge is -2.33. The van der Waals surface area contributed by atoms with Crippen molar-refractivity contribution in [3.05, 3.63) is 63.1 Å². The smallest absolute Gasteiger partial charge is 0.147 e. The third kappa shape index (κ3) is 7.05. The minimum absolute atomic E-state index is 0.177. The quantitative estimate of drug-likeness (QED) is 0.400. The summed E-state index contributed by atoms with van der Waals surface area (Å²) in [5, 5.41) is 3.16. The van der Waals surface area contributed by atoms with Crippen LogP contribution in [0.4, 0.5) is 0 Å². The summed E-state index contributed by atoms with van der Waals surface area (Å²) in [6.07, 6.45) is 0. The molecular weight excluding hydrogens is 437 g/mol. The molecular formula is C23H31Cl2N3O3. The van der Waals surface area contributed by atoms with E-state index < -0.39 is 0 Å². The second-order valence-corrected chi connectivity index (χ2v) is 8.58. The van der Waals surface area contributed by atoms with E-state index >= 15 is 0 Å². The van der Waals surface area contributed by atoms with Gasteiger partial charge in [-0.25, -0.2) is 0 Å². The number of hydrogen-bond donors (Lipinski definition) is 1. The first-order valence-corrected chi connectivity index (χ1v) is 11.2. The predicted molar refractivity (Wildman–Crippen MR) is 125 cm³/mol. The minimum atomic E-state index is 0.177. The van der Waals surface area contributed by atoms with Gasteiger partial charge in [-0.3, -0.25) is 0 Å². The van der Waals surface area contributed by atoms with Crippen LogP contribution in [0.25, 0.3) is 0 Å². The van der Waals surface area contributed by atoms with Crippen LogP contribution in [0.15, 0.2) is 36.4 Å². The van der Waals surface area contributed by atoms with Gasteiger partial charge in [-0.1, -0.05) is 35.3 Å². The largest absolute Gasteiger partial charge is 0.406 e. The number of hydroxylamine groups is 2. The molecule has 0 aromatic heterocycles. The Hall–Kier alpha value is -1.38. The van der Waals surface area contributed by atoms with Crippen molar-refractivity contribution in [2.45, 2.75) is 12.5 Å². The van der Waals surface area contributed by atoms with E-state index in [1.807, 2.05) is 31.3 Å². The van der Waals surface area contributed by atoms with Crippen LogP contribution >= 0.6 is 23.2 Å². The standard InChI is InChI=1S/C23H31Cl2N3O3/c1-27-15-21(20-13-18(24)14-23(25)22(20)16-27)17-4-3-5-19(12-17)31-28(2)7-9-30-11-10-29-8-6-26/h3-5,12-14,21H,6-11,15-16,26H2,1-2H3/t21-/m0/s1. The highest BCUT2D eigenvalue weighted by molar-refractivity contribution is 6.35. The summed E-state index contributed by atoms with van der Waals surface area (Å²) in [5.41, 5.74) is 8.88. The lowest BCUT2D eigenvalue weighted by atomic mass is 9.85. The number of likely N-dealkylation sites (N-methyl/N-ethyl adjacent to an activating group) is 2. The van der Waals surface area contributed by atoms with Crippen molar-refractivity contribution < 1.29 is 14.3 Å². The number of nitrogens with two attached hydrogens (primary N) is 1. The van der Waals surface area contributed by atoms with E-state index in [1.165, 1.54) is 11.1 Å². The molecule has 0 radical (unpaired) electrons. The fourth-order valence-electron chi connectivity index (χ4n) is 3.74. The number of benzene rings is 2. The summed E-state index contributed by atoms with van der Waals surface area (Å²) < 4.78 is 10.9. The maximum atomic E-state index is 6.49. The molecule has 0 saturated carbocycles. The second-order valence-electron chi connectivity index (χ2n) is 7.73. The summed E-state index contributed by atoms with van der Waals surface area (Å²) >= 11 is 12.8. The van der Waals surface area contributed by atoms with Crippen LogP contribution in [-0.4, -0.2) is 70.1 Å². The van der Waals surface area contributed by atoms with Crippen molar-refractivity contribution in [3.63, 3.8) is 0 Å². The van der Waals surface area contributed by atoms with Crippen LogP contribution in [0, 0.1) is 0 Å². The van der Waals surface area contributed by atoms with Crippen molar-refractivity contribution in [1.82, 2.24) is 9.96 Å². The molecule has 2 N–H and O–H groups in total. The van der Waals surface area contributed by atoms with E-state index in [0.717, 1.165) is 29.4 Å². The second kappa shape index (κ2) is 12.0. The van der Waals surface area contributed by atoms with Gasteiger partial charge in [0.05, 0.1) is 33.0 Å². The summed E-state index contributed by atoms with van der Waals surface area (Å²) in [6, 6.07) is 12.0. The number of rotatable bonds is 11. The molecule has 0 bridgehead atoms. The lowest BCUT2D eigenvalue weighted by Crippen LogP contribution is -2.31. The SMILES string of the molecule is CN1Cc2c(Cl)cc(Cl)cc2[C@H](c2cccc(ON(C)CCOCCOCCN)c2)C1. The first-order chi connectivity index (χ1) is 15.0. The third-order valence-electron chi connectivity index (χ3n) is 5.20. The number of fused-ring (bicyclic) bond motifs is 1. The first kappa shape index (κ1) is 24.3.